The molecule has 0 saturated carbocycles. The van der Waals surface area contributed by atoms with E-state index in [0.29, 0.717) is 34.9 Å². The van der Waals surface area contributed by atoms with Crippen molar-refractivity contribution < 1.29 is 33.3 Å². The zero-order valence-electron chi connectivity index (χ0n) is 17.9. The maximum Gasteiger partial charge on any atom is 0.325 e. The quantitative estimate of drug-likeness (QED) is 0.556. The Morgan fingerprint density at radius 2 is 1.48 bits per heavy atom. The fourth-order valence-corrected chi connectivity index (χ4v) is 2.79. The second kappa shape index (κ2) is 11.4. The summed E-state index contributed by atoms with van der Waals surface area (Å²) in [5.41, 5.74) is 1.78. The van der Waals surface area contributed by atoms with Crippen LogP contribution in [0.3, 0.4) is 0 Å². The number of ether oxygens (including phenoxy) is 4. The zero-order chi connectivity index (χ0) is 22.8. The van der Waals surface area contributed by atoms with Crippen LogP contribution in [0.2, 0.25) is 0 Å². The van der Waals surface area contributed by atoms with Crippen molar-refractivity contribution in [1.29, 1.82) is 0 Å². The smallest absolute Gasteiger partial charge is 0.325 e. The van der Waals surface area contributed by atoms with E-state index in [-0.39, 0.29) is 18.9 Å². The van der Waals surface area contributed by atoms with E-state index < -0.39 is 11.9 Å². The van der Waals surface area contributed by atoms with Gasteiger partial charge in [0.2, 0.25) is 11.7 Å². The van der Waals surface area contributed by atoms with Crippen LogP contribution in [-0.4, -0.2) is 52.8 Å². The number of carbonyl (C=O) groups is 3. The predicted molar refractivity (Wildman–Crippen MR) is 114 cm³/mol. The van der Waals surface area contributed by atoms with Gasteiger partial charge in [-0.25, -0.2) is 0 Å². The molecule has 0 aliphatic carbocycles. The topological polar surface area (TPSA) is 112 Å². The highest BCUT2D eigenvalue weighted by atomic mass is 16.5. The third kappa shape index (κ3) is 6.63. The number of nitrogens with one attached hydrogen (secondary N) is 2. The zero-order valence-corrected chi connectivity index (χ0v) is 17.9. The Morgan fingerprint density at radius 1 is 0.871 bits per heavy atom. The molecule has 2 aromatic rings. The molecule has 2 amide bonds. The van der Waals surface area contributed by atoms with Gasteiger partial charge in [0, 0.05) is 17.7 Å². The maximum absolute atomic E-state index is 12.3. The summed E-state index contributed by atoms with van der Waals surface area (Å²) in [5, 5.41) is 5.23. The molecule has 0 aliphatic rings. The van der Waals surface area contributed by atoms with Gasteiger partial charge in [-0.1, -0.05) is 0 Å². The first-order chi connectivity index (χ1) is 14.9. The number of esters is 1. The lowest BCUT2D eigenvalue weighted by molar-refractivity contribution is -0.139. The normalized spacial score (nSPS) is 10.1. The fourth-order valence-electron chi connectivity index (χ4n) is 2.79. The molecule has 0 aliphatic heterocycles. The van der Waals surface area contributed by atoms with Crippen molar-refractivity contribution in [3.05, 3.63) is 47.5 Å². The third-order valence-electron chi connectivity index (χ3n) is 4.42. The number of carbonyl (C=O) groups excluding carboxylic acids is 3. The molecule has 0 fully saturated rings. The van der Waals surface area contributed by atoms with Gasteiger partial charge >= 0.3 is 5.97 Å². The summed E-state index contributed by atoms with van der Waals surface area (Å²) in [4.78, 5) is 35.4. The first-order valence-corrected chi connectivity index (χ1v) is 9.45. The first-order valence-electron chi connectivity index (χ1n) is 9.45. The summed E-state index contributed by atoms with van der Waals surface area (Å²) in [7, 11) is 5.84. The molecule has 0 spiro atoms. The highest BCUT2D eigenvalue weighted by molar-refractivity contribution is 5.97. The third-order valence-corrected chi connectivity index (χ3v) is 4.42. The van der Waals surface area contributed by atoms with E-state index in [1.807, 2.05) is 0 Å². The summed E-state index contributed by atoms with van der Waals surface area (Å²) < 4.78 is 20.4. The molecule has 2 aromatic carbocycles. The predicted octanol–water partition coefficient (Wildman–Crippen LogP) is 2.19. The Balaban J connectivity index is 1.93. The first kappa shape index (κ1) is 23.5. The number of anilines is 1. The lowest BCUT2D eigenvalue weighted by Crippen LogP contribution is -2.30. The van der Waals surface area contributed by atoms with Gasteiger partial charge in [-0.15, -0.1) is 0 Å². The van der Waals surface area contributed by atoms with Crippen molar-refractivity contribution in [2.75, 3.05) is 40.3 Å². The lowest BCUT2D eigenvalue weighted by atomic mass is 10.1. The molecule has 9 heteroatoms. The van der Waals surface area contributed by atoms with Crippen LogP contribution in [0.15, 0.2) is 36.4 Å². The largest absolute Gasteiger partial charge is 0.493 e. The summed E-state index contributed by atoms with van der Waals surface area (Å²) in [5.74, 6) is 0.414. The molecule has 0 unspecified atom stereocenters. The second-order valence-corrected chi connectivity index (χ2v) is 6.42. The number of methoxy groups -OCH3 is 4. The monoisotopic (exact) mass is 430 g/mol. The number of aryl methyl sites for hydroxylation is 1. The van der Waals surface area contributed by atoms with Gasteiger partial charge in [-0.05, 0) is 48.4 Å². The van der Waals surface area contributed by atoms with Gasteiger partial charge in [0.1, 0.15) is 6.54 Å². The van der Waals surface area contributed by atoms with Crippen LogP contribution in [0.5, 0.6) is 17.2 Å². The van der Waals surface area contributed by atoms with Crippen LogP contribution in [0.25, 0.3) is 0 Å². The molecule has 9 nitrogen and oxygen atoms in total. The Bertz CT molecular complexity index is 901. The minimum absolute atomic E-state index is 0.184. The molecule has 166 valence electrons. The average Bonchev–Trinajstić information content (AvgIpc) is 2.80. The van der Waals surface area contributed by atoms with E-state index >= 15 is 0 Å². The standard InChI is InChI=1S/C22H26N2O7/c1-28-17-11-14(12-18(29-2)21(17)31-4)5-10-19(25)24-16-8-6-15(7-9-16)22(27)23-13-20(26)30-3/h6-9,11-12H,5,10,13H2,1-4H3,(H,23,27)(H,24,25). The van der Waals surface area contributed by atoms with Crippen molar-refractivity contribution in [2.24, 2.45) is 0 Å². The van der Waals surface area contributed by atoms with E-state index in [0.717, 1.165) is 5.56 Å². The number of hydrogen-bond donors (Lipinski definition) is 2. The van der Waals surface area contributed by atoms with Crippen molar-refractivity contribution in [1.82, 2.24) is 5.32 Å². The van der Waals surface area contributed by atoms with Crippen LogP contribution in [-0.2, 0) is 20.7 Å². The van der Waals surface area contributed by atoms with E-state index in [1.165, 1.54) is 28.4 Å². The number of amides is 2. The van der Waals surface area contributed by atoms with Gasteiger partial charge in [-0.3, -0.25) is 14.4 Å². The summed E-state index contributed by atoms with van der Waals surface area (Å²) in [6, 6.07) is 9.95. The molecule has 0 heterocycles. The van der Waals surface area contributed by atoms with E-state index in [1.54, 1.807) is 36.4 Å². The van der Waals surface area contributed by atoms with Gasteiger partial charge in [0.05, 0.1) is 28.4 Å². The summed E-state index contributed by atoms with van der Waals surface area (Å²) in [6.07, 6.45) is 0.705. The summed E-state index contributed by atoms with van der Waals surface area (Å²) >= 11 is 0. The molecular formula is C22H26N2O7. The van der Waals surface area contributed by atoms with Crippen molar-refractivity contribution in [3.8, 4) is 17.2 Å². The molecule has 31 heavy (non-hydrogen) atoms. The minimum atomic E-state index is -0.538. The van der Waals surface area contributed by atoms with Crippen molar-refractivity contribution in [3.63, 3.8) is 0 Å². The van der Waals surface area contributed by atoms with Crippen LogP contribution in [0.4, 0.5) is 5.69 Å². The van der Waals surface area contributed by atoms with Gasteiger partial charge in [0.25, 0.3) is 5.91 Å². The Kier molecular flexibility index (Phi) is 8.68. The van der Waals surface area contributed by atoms with Crippen molar-refractivity contribution in [2.45, 2.75) is 12.8 Å². The molecule has 0 bridgehead atoms. The van der Waals surface area contributed by atoms with Gasteiger partial charge in [-0.2, -0.15) is 0 Å². The van der Waals surface area contributed by atoms with E-state index in [4.69, 9.17) is 14.2 Å². The van der Waals surface area contributed by atoms with Crippen LogP contribution >= 0.6 is 0 Å². The molecule has 0 radical (unpaired) electrons. The highest BCUT2D eigenvalue weighted by Gasteiger charge is 2.14. The SMILES string of the molecule is COC(=O)CNC(=O)c1ccc(NC(=O)CCc2cc(OC)c(OC)c(OC)c2)cc1. The maximum atomic E-state index is 12.3. The fraction of sp³-hybridized carbons (Fsp3) is 0.318. The molecule has 2 N–H and O–H groups in total. The number of rotatable bonds is 10. The lowest BCUT2D eigenvalue weighted by Gasteiger charge is -2.14. The second-order valence-electron chi connectivity index (χ2n) is 6.42. The highest BCUT2D eigenvalue weighted by Crippen LogP contribution is 2.38. The summed E-state index contributed by atoms with van der Waals surface area (Å²) in [6.45, 7) is -0.214. The average molecular weight is 430 g/mol. The van der Waals surface area contributed by atoms with Crippen LogP contribution in [0, 0.1) is 0 Å². The van der Waals surface area contributed by atoms with E-state index in [9.17, 15) is 14.4 Å². The van der Waals surface area contributed by atoms with Gasteiger partial charge < -0.3 is 29.6 Å². The van der Waals surface area contributed by atoms with Crippen LogP contribution in [0.1, 0.15) is 22.3 Å². The van der Waals surface area contributed by atoms with E-state index in [2.05, 4.69) is 15.4 Å². The van der Waals surface area contributed by atoms with Gasteiger partial charge in [0.15, 0.2) is 11.5 Å². The molecule has 2 rings (SSSR count). The molecule has 0 atom stereocenters. The Morgan fingerprint density at radius 3 is 2.00 bits per heavy atom. The molecule has 0 aromatic heterocycles. The molecular weight excluding hydrogens is 404 g/mol. The van der Waals surface area contributed by atoms with Crippen molar-refractivity contribution >= 4 is 23.5 Å². The molecule has 0 saturated heterocycles. The number of benzene rings is 2. The Labute approximate surface area is 180 Å². The number of hydrogen-bond acceptors (Lipinski definition) is 7. The Hall–Kier alpha value is -3.75. The van der Waals surface area contributed by atoms with Crippen LogP contribution < -0.4 is 24.8 Å². The minimum Gasteiger partial charge on any atom is -0.493 e.